The van der Waals surface area contributed by atoms with Gasteiger partial charge in [0, 0.05) is 23.1 Å². The van der Waals surface area contributed by atoms with Crippen LogP contribution in [-0.2, 0) is 12.4 Å². The Morgan fingerprint density at radius 3 is 2.39 bits per heavy atom. The van der Waals surface area contributed by atoms with Gasteiger partial charge in [-0.15, -0.1) is 11.6 Å². The Kier molecular flexibility index (Phi) is 4.45. The van der Waals surface area contributed by atoms with Crippen LogP contribution in [0, 0.1) is 5.82 Å². The number of hydrogen-bond donors (Lipinski definition) is 1. The van der Waals surface area contributed by atoms with Gasteiger partial charge in [-0.25, -0.2) is 4.39 Å². The molecular formula is C14H12Cl2FN. The van der Waals surface area contributed by atoms with Crippen molar-refractivity contribution in [2.75, 3.05) is 5.32 Å². The van der Waals surface area contributed by atoms with Crippen LogP contribution in [-0.4, -0.2) is 0 Å². The van der Waals surface area contributed by atoms with E-state index in [1.807, 2.05) is 24.3 Å². The predicted octanol–water partition coefficient (Wildman–Crippen LogP) is 4.83. The summed E-state index contributed by atoms with van der Waals surface area (Å²) in [5.41, 5.74) is 2.91. The van der Waals surface area contributed by atoms with Crippen LogP contribution in [0.15, 0.2) is 42.5 Å². The first-order valence-corrected chi connectivity index (χ1v) is 6.43. The highest BCUT2D eigenvalue weighted by Crippen LogP contribution is 2.19. The lowest BCUT2D eigenvalue weighted by Crippen LogP contribution is -2.00. The van der Waals surface area contributed by atoms with Gasteiger partial charge in [-0.1, -0.05) is 29.8 Å². The van der Waals surface area contributed by atoms with Crippen molar-refractivity contribution in [1.82, 2.24) is 0 Å². The normalized spacial score (nSPS) is 10.4. The standard InChI is InChI=1S/C14H12Cl2FN/c15-8-10-1-5-13(6-2-10)18-9-11-3-4-12(17)7-14(11)16/h1-7,18H,8-9H2. The van der Waals surface area contributed by atoms with Gasteiger partial charge in [0.25, 0.3) is 0 Å². The average Bonchev–Trinajstić information content (AvgIpc) is 2.38. The number of alkyl halides is 1. The molecule has 0 aliphatic heterocycles. The Morgan fingerprint density at radius 1 is 1.06 bits per heavy atom. The molecule has 94 valence electrons. The molecule has 1 nitrogen and oxygen atoms in total. The van der Waals surface area contributed by atoms with E-state index < -0.39 is 0 Å². The largest absolute Gasteiger partial charge is 0.381 e. The minimum atomic E-state index is -0.324. The van der Waals surface area contributed by atoms with Crippen LogP contribution in [0.3, 0.4) is 0 Å². The Bertz CT molecular complexity index is 526. The van der Waals surface area contributed by atoms with Gasteiger partial charge in [0.15, 0.2) is 0 Å². The molecule has 4 heteroatoms. The third-order valence-corrected chi connectivity index (χ3v) is 3.27. The lowest BCUT2D eigenvalue weighted by molar-refractivity contribution is 0.627. The van der Waals surface area contributed by atoms with Crippen molar-refractivity contribution in [1.29, 1.82) is 0 Å². The van der Waals surface area contributed by atoms with Crippen molar-refractivity contribution in [2.45, 2.75) is 12.4 Å². The molecule has 0 aliphatic carbocycles. The first-order chi connectivity index (χ1) is 8.69. The monoisotopic (exact) mass is 283 g/mol. The summed E-state index contributed by atoms with van der Waals surface area (Å²) < 4.78 is 12.9. The van der Waals surface area contributed by atoms with Crippen LogP contribution in [0.4, 0.5) is 10.1 Å². The van der Waals surface area contributed by atoms with E-state index >= 15 is 0 Å². The molecule has 0 spiro atoms. The predicted molar refractivity (Wildman–Crippen MR) is 74.7 cm³/mol. The molecule has 0 heterocycles. The van der Waals surface area contributed by atoms with E-state index in [-0.39, 0.29) is 5.82 Å². The van der Waals surface area contributed by atoms with Crippen molar-refractivity contribution in [2.24, 2.45) is 0 Å². The second-order valence-corrected chi connectivity index (χ2v) is 4.59. The molecule has 0 unspecified atom stereocenters. The van der Waals surface area contributed by atoms with Crippen molar-refractivity contribution in [3.8, 4) is 0 Å². The summed E-state index contributed by atoms with van der Waals surface area (Å²) in [6, 6.07) is 12.2. The zero-order chi connectivity index (χ0) is 13.0. The molecule has 0 atom stereocenters. The molecule has 0 saturated carbocycles. The smallest absolute Gasteiger partial charge is 0.124 e. The Labute approximate surface area is 116 Å². The van der Waals surface area contributed by atoms with Crippen molar-refractivity contribution in [3.63, 3.8) is 0 Å². The van der Waals surface area contributed by atoms with E-state index in [2.05, 4.69) is 5.32 Å². The zero-order valence-corrected chi connectivity index (χ0v) is 11.1. The van der Waals surface area contributed by atoms with Gasteiger partial charge in [-0.05, 0) is 35.4 Å². The molecule has 0 radical (unpaired) electrons. The fourth-order valence-corrected chi connectivity index (χ4v) is 1.99. The lowest BCUT2D eigenvalue weighted by Gasteiger charge is -2.08. The summed E-state index contributed by atoms with van der Waals surface area (Å²) in [4.78, 5) is 0. The van der Waals surface area contributed by atoms with Crippen molar-refractivity contribution >= 4 is 28.9 Å². The minimum Gasteiger partial charge on any atom is -0.381 e. The molecule has 0 aliphatic rings. The molecule has 0 amide bonds. The Morgan fingerprint density at radius 2 is 1.78 bits per heavy atom. The summed E-state index contributed by atoms with van der Waals surface area (Å²) in [5, 5.41) is 3.65. The van der Waals surface area contributed by atoms with Gasteiger partial charge in [0.2, 0.25) is 0 Å². The minimum absolute atomic E-state index is 0.324. The summed E-state index contributed by atoms with van der Waals surface area (Å²) >= 11 is 11.7. The molecule has 0 fully saturated rings. The number of rotatable bonds is 4. The van der Waals surface area contributed by atoms with Crippen LogP contribution >= 0.6 is 23.2 Å². The number of halogens is 3. The maximum absolute atomic E-state index is 12.9. The molecule has 2 aromatic rings. The second-order valence-electron chi connectivity index (χ2n) is 3.92. The quantitative estimate of drug-likeness (QED) is 0.793. The van der Waals surface area contributed by atoms with Gasteiger partial charge >= 0.3 is 0 Å². The summed E-state index contributed by atoms with van der Waals surface area (Å²) in [6.45, 7) is 0.555. The fourth-order valence-electron chi connectivity index (χ4n) is 1.57. The van der Waals surface area contributed by atoms with Crippen LogP contribution in [0.25, 0.3) is 0 Å². The molecule has 18 heavy (non-hydrogen) atoms. The van der Waals surface area contributed by atoms with E-state index in [1.165, 1.54) is 12.1 Å². The van der Waals surface area contributed by atoms with E-state index in [0.717, 1.165) is 16.8 Å². The van der Waals surface area contributed by atoms with E-state index in [4.69, 9.17) is 23.2 Å². The van der Waals surface area contributed by atoms with E-state index in [0.29, 0.717) is 17.4 Å². The Hall–Kier alpha value is -1.25. The molecule has 2 aromatic carbocycles. The summed E-state index contributed by atoms with van der Waals surface area (Å²) in [6.07, 6.45) is 0. The molecule has 1 N–H and O–H groups in total. The van der Waals surface area contributed by atoms with Crippen LogP contribution < -0.4 is 5.32 Å². The van der Waals surface area contributed by atoms with Crippen LogP contribution in [0.5, 0.6) is 0 Å². The molecule has 0 saturated heterocycles. The van der Waals surface area contributed by atoms with Gasteiger partial charge in [-0.3, -0.25) is 0 Å². The van der Waals surface area contributed by atoms with Crippen LogP contribution in [0.2, 0.25) is 5.02 Å². The SMILES string of the molecule is Fc1ccc(CNc2ccc(CCl)cc2)c(Cl)c1. The topological polar surface area (TPSA) is 12.0 Å². The first kappa shape index (κ1) is 13.2. The van der Waals surface area contributed by atoms with Gasteiger partial charge in [0.1, 0.15) is 5.82 Å². The number of anilines is 1. The number of benzene rings is 2. The van der Waals surface area contributed by atoms with Gasteiger partial charge < -0.3 is 5.32 Å². The first-order valence-electron chi connectivity index (χ1n) is 5.52. The van der Waals surface area contributed by atoms with Crippen molar-refractivity contribution in [3.05, 3.63) is 64.4 Å². The van der Waals surface area contributed by atoms with Gasteiger partial charge in [-0.2, -0.15) is 0 Å². The maximum Gasteiger partial charge on any atom is 0.124 e. The number of nitrogens with one attached hydrogen (secondary N) is 1. The highest BCUT2D eigenvalue weighted by Gasteiger charge is 2.02. The van der Waals surface area contributed by atoms with Crippen LogP contribution in [0.1, 0.15) is 11.1 Å². The highest BCUT2D eigenvalue weighted by atomic mass is 35.5. The number of hydrogen-bond acceptors (Lipinski definition) is 1. The second kappa shape index (κ2) is 6.07. The van der Waals surface area contributed by atoms with E-state index in [9.17, 15) is 4.39 Å². The zero-order valence-electron chi connectivity index (χ0n) is 9.59. The molecular weight excluding hydrogens is 272 g/mol. The summed E-state index contributed by atoms with van der Waals surface area (Å²) in [7, 11) is 0. The lowest BCUT2D eigenvalue weighted by atomic mass is 10.2. The average molecular weight is 284 g/mol. The Balaban J connectivity index is 2.02. The third-order valence-electron chi connectivity index (χ3n) is 2.61. The molecule has 0 bridgehead atoms. The highest BCUT2D eigenvalue weighted by molar-refractivity contribution is 6.31. The fraction of sp³-hybridized carbons (Fsp3) is 0.143. The van der Waals surface area contributed by atoms with E-state index in [1.54, 1.807) is 6.07 Å². The van der Waals surface area contributed by atoms with Gasteiger partial charge in [0.05, 0.1) is 0 Å². The summed E-state index contributed by atoms with van der Waals surface area (Å²) in [5.74, 6) is 0.180. The van der Waals surface area contributed by atoms with Crippen molar-refractivity contribution < 1.29 is 4.39 Å². The third kappa shape index (κ3) is 3.37. The molecule has 2 rings (SSSR count). The molecule has 0 aromatic heterocycles. The maximum atomic E-state index is 12.9.